The topological polar surface area (TPSA) is 59.3 Å². The zero-order chi connectivity index (χ0) is 14.4. The fourth-order valence-electron chi connectivity index (χ4n) is 1.45. The number of nitriles is 1. The van der Waals surface area contributed by atoms with E-state index in [4.69, 9.17) is 21.6 Å². The summed E-state index contributed by atoms with van der Waals surface area (Å²) < 4.78 is 33.3. The molecule has 0 saturated heterocycles. The Labute approximate surface area is 113 Å². The second kappa shape index (κ2) is 6.90. The second-order valence-corrected chi connectivity index (χ2v) is 3.62. The van der Waals surface area contributed by atoms with Crippen LogP contribution in [0, 0.1) is 11.3 Å². The van der Waals surface area contributed by atoms with Crippen molar-refractivity contribution in [2.24, 2.45) is 0 Å². The highest BCUT2D eigenvalue weighted by Crippen LogP contribution is 2.25. The molecule has 0 aromatic heterocycles. The Morgan fingerprint density at radius 2 is 2.21 bits per heavy atom. The largest absolute Gasteiger partial charge is 0.462 e. The van der Waals surface area contributed by atoms with E-state index >= 15 is 0 Å². The van der Waals surface area contributed by atoms with Gasteiger partial charge in [-0.1, -0.05) is 0 Å². The fourth-order valence-corrected chi connectivity index (χ4v) is 1.66. The second-order valence-electron chi connectivity index (χ2n) is 3.35. The average molecular weight is 290 g/mol. The molecule has 0 spiro atoms. The van der Waals surface area contributed by atoms with Crippen LogP contribution in [-0.4, -0.2) is 19.2 Å². The van der Waals surface area contributed by atoms with Crippen molar-refractivity contribution < 1.29 is 23.0 Å². The molecule has 0 aliphatic rings. The van der Waals surface area contributed by atoms with Crippen molar-refractivity contribution in [3.8, 4) is 11.8 Å². The Balaban J connectivity index is 3.32. The molecule has 102 valence electrons. The highest BCUT2D eigenvalue weighted by atomic mass is 35.5. The lowest BCUT2D eigenvalue weighted by Crippen LogP contribution is -2.10. The van der Waals surface area contributed by atoms with E-state index in [0.717, 1.165) is 6.07 Å². The number of ether oxygens (including phenoxy) is 2. The quantitative estimate of drug-likeness (QED) is 0.617. The molecular formula is C12H10ClF2NO3. The van der Waals surface area contributed by atoms with Crippen LogP contribution in [0.25, 0.3) is 0 Å². The number of alkyl halides is 3. The minimum absolute atomic E-state index is 0.00457. The first-order valence-electron chi connectivity index (χ1n) is 5.28. The normalized spacial score (nSPS) is 10.1. The zero-order valence-corrected chi connectivity index (χ0v) is 10.7. The maximum absolute atomic E-state index is 12.2. The zero-order valence-electron chi connectivity index (χ0n) is 9.95. The molecule has 0 aliphatic heterocycles. The fraction of sp³-hybridized carbons (Fsp3) is 0.333. The molecule has 1 aromatic rings. The van der Waals surface area contributed by atoms with Crippen LogP contribution in [-0.2, 0) is 10.6 Å². The molecule has 4 nitrogen and oxygen atoms in total. The Morgan fingerprint density at radius 3 is 2.68 bits per heavy atom. The molecule has 0 radical (unpaired) electrons. The Hall–Kier alpha value is -1.87. The van der Waals surface area contributed by atoms with Crippen LogP contribution < -0.4 is 4.74 Å². The molecule has 0 saturated carbocycles. The predicted molar refractivity (Wildman–Crippen MR) is 63.3 cm³/mol. The molecule has 1 aromatic carbocycles. The molecule has 19 heavy (non-hydrogen) atoms. The van der Waals surface area contributed by atoms with Gasteiger partial charge in [0.25, 0.3) is 0 Å². The summed E-state index contributed by atoms with van der Waals surface area (Å²) in [6.07, 6.45) is 0. The summed E-state index contributed by atoms with van der Waals surface area (Å²) in [4.78, 5) is 11.7. The van der Waals surface area contributed by atoms with Gasteiger partial charge in [0, 0.05) is 5.88 Å². The first kappa shape index (κ1) is 15.2. The van der Waals surface area contributed by atoms with E-state index in [2.05, 4.69) is 4.74 Å². The van der Waals surface area contributed by atoms with Crippen LogP contribution in [0.2, 0.25) is 0 Å². The van der Waals surface area contributed by atoms with Crippen molar-refractivity contribution in [1.82, 2.24) is 0 Å². The van der Waals surface area contributed by atoms with Gasteiger partial charge in [-0.05, 0) is 24.6 Å². The van der Waals surface area contributed by atoms with Gasteiger partial charge in [0.05, 0.1) is 17.7 Å². The Kier molecular flexibility index (Phi) is 5.52. The van der Waals surface area contributed by atoms with Crippen molar-refractivity contribution in [2.75, 3.05) is 6.61 Å². The van der Waals surface area contributed by atoms with E-state index in [-0.39, 0.29) is 34.9 Å². The molecule has 1 rings (SSSR count). The van der Waals surface area contributed by atoms with E-state index < -0.39 is 12.6 Å². The Bertz CT molecular complexity index is 514. The molecule has 0 aliphatic carbocycles. The number of rotatable bonds is 5. The van der Waals surface area contributed by atoms with Crippen molar-refractivity contribution in [3.63, 3.8) is 0 Å². The SMILES string of the molecule is CCOC(=O)c1cc(OC(F)F)cc(CCl)c1C#N. The predicted octanol–water partition coefficient (Wildman–Crippen LogP) is 3.08. The van der Waals surface area contributed by atoms with Gasteiger partial charge in [-0.2, -0.15) is 14.0 Å². The minimum Gasteiger partial charge on any atom is -0.462 e. The molecule has 0 atom stereocenters. The van der Waals surface area contributed by atoms with E-state index in [9.17, 15) is 13.6 Å². The summed E-state index contributed by atoms with van der Waals surface area (Å²) in [6.45, 7) is -1.35. The first-order chi connectivity index (χ1) is 9.03. The lowest BCUT2D eigenvalue weighted by molar-refractivity contribution is -0.0499. The van der Waals surface area contributed by atoms with Crippen LogP contribution >= 0.6 is 11.6 Å². The third-order valence-corrected chi connectivity index (χ3v) is 2.46. The molecular weight excluding hydrogens is 280 g/mol. The maximum Gasteiger partial charge on any atom is 0.387 e. The molecule has 0 bridgehead atoms. The van der Waals surface area contributed by atoms with E-state index in [1.54, 1.807) is 13.0 Å². The lowest BCUT2D eigenvalue weighted by atomic mass is 10.0. The Morgan fingerprint density at radius 1 is 1.53 bits per heavy atom. The number of esters is 1. The van der Waals surface area contributed by atoms with Gasteiger partial charge in [-0.25, -0.2) is 4.79 Å². The standard InChI is InChI=1S/C12H10ClF2NO3/c1-2-18-11(17)9-4-8(19-12(14)15)3-7(5-13)10(9)6-16/h3-4,12H,2,5H2,1H3. The van der Waals surface area contributed by atoms with Gasteiger partial charge in [-0.15, -0.1) is 11.6 Å². The van der Waals surface area contributed by atoms with Crippen molar-refractivity contribution in [2.45, 2.75) is 19.4 Å². The van der Waals surface area contributed by atoms with Crippen molar-refractivity contribution >= 4 is 17.6 Å². The number of hydrogen-bond donors (Lipinski definition) is 0. The third-order valence-electron chi connectivity index (χ3n) is 2.17. The lowest BCUT2D eigenvalue weighted by Gasteiger charge is -2.11. The molecule has 0 unspecified atom stereocenters. The highest BCUT2D eigenvalue weighted by Gasteiger charge is 2.19. The van der Waals surface area contributed by atoms with Gasteiger partial charge in [-0.3, -0.25) is 0 Å². The molecule has 0 fully saturated rings. The monoisotopic (exact) mass is 289 g/mol. The summed E-state index contributed by atoms with van der Waals surface area (Å²) in [7, 11) is 0. The van der Waals surface area contributed by atoms with Gasteiger partial charge >= 0.3 is 12.6 Å². The van der Waals surface area contributed by atoms with Gasteiger partial charge in [0.2, 0.25) is 0 Å². The van der Waals surface area contributed by atoms with Crippen LogP contribution in [0.4, 0.5) is 8.78 Å². The van der Waals surface area contributed by atoms with Crippen molar-refractivity contribution in [3.05, 3.63) is 28.8 Å². The summed E-state index contributed by atoms with van der Waals surface area (Å²) in [5.74, 6) is -1.15. The average Bonchev–Trinajstić information content (AvgIpc) is 2.37. The summed E-state index contributed by atoms with van der Waals surface area (Å²) in [5, 5.41) is 9.01. The number of carbonyl (C=O) groups is 1. The smallest absolute Gasteiger partial charge is 0.387 e. The summed E-state index contributed by atoms with van der Waals surface area (Å²) in [6, 6.07) is 4.04. The van der Waals surface area contributed by atoms with Crippen molar-refractivity contribution in [1.29, 1.82) is 5.26 Å². The highest BCUT2D eigenvalue weighted by molar-refractivity contribution is 6.17. The molecule has 0 amide bonds. The molecule has 0 heterocycles. The number of nitrogens with zero attached hydrogens (tertiary/aromatic N) is 1. The molecule has 7 heteroatoms. The van der Waals surface area contributed by atoms with Gasteiger partial charge in [0.15, 0.2) is 0 Å². The van der Waals surface area contributed by atoms with Gasteiger partial charge < -0.3 is 9.47 Å². The van der Waals surface area contributed by atoms with E-state index in [1.807, 2.05) is 0 Å². The maximum atomic E-state index is 12.2. The van der Waals surface area contributed by atoms with E-state index in [1.165, 1.54) is 6.07 Å². The van der Waals surface area contributed by atoms with Gasteiger partial charge in [0.1, 0.15) is 11.8 Å². The number of benzene rings is 1. The minimum atomic E-state index is -3.04. The summed E-state index contributed by atoms with van der Waals surface area (Å²) >= 11 is 5.63. The van der Waals surface area contributed by atoms with E-state index in [0.29, 0.717) is 0 Å². The summed E-state index contributed by atoms with van der Waals surface area (Å²) in [5.41, 5.74) is 0.0820. The van der Waals surface area contributed by atoms with Crippen LogP contribution in [0.1, 0.15) is 28.4 Å². The number of halogens is 3. The van der Waals surface area contributed by atoms with Crippen LogP contribution in [0.3, 0.4) is 0 Å². The van der Waals surface area contributed by atoms with Crippen LogP contribution in [0.15, 0.2) is 12.1 Å². The third kappa shape index (κ3) is 3.80. The number of carbonyl (C=O) groups excluding carboxylic acids is 1. The first-order valence-corrected chi connectivity index (χ1v) is 5.81. The number of hydrogen-bond acceptors (Lipinski definition) is 4. The van der Waals surface area contributed by atoms with Crippen LogP contribution in [0.5, 0.6) is 5.75 Å². The molecule has 0 N–H and O–H groups in total.